The Labute approximate surface area is 96.5 Å². The predicted molar refractivity (Wildman–Crippen MR) is 65.9 cm³/mol. The maximum Gasteiger partial charge on any atom is 0.137 e. The average molecular weight is 224 g/mol. The molecule has 16 heavy (non-hydrogen) atoms. The second kappa shape index (κ2) is 5.65. The SMILES string of the molecule is CNc1ncnc(N(CCO)C(C)C)c1C. The van der Waals surface area contributed by atoms with Gasteiger partial charge in [0, 0.05) is 25.2 Å². The van der Waals surface area contributed by atoms with E-state index in [0.717, 1.165) is 17.2 Å². The van der Waals surface area contributed by atoms with Gasteiger partial charge in [0.25, 0.3) is 0 Å². The summed E-state index contributed by atoms with van der Waals surface area (Å²) in [5.74, 6) is 1.71. The average Bonchev–Trinajstić information content (AvgIpc) is 2.26. The van der Waals surface area contributed by atoms with E-state index in [1.165, 1.54) is 0 Å². The second-order valence-electron chi connectivity index (χ2n) is 3.93. The minimum Gasteiger partial charge on any atom is -0.395 e. The summed E-state index contributed by atoms with van der Waals surface area (Å²) in [6, 6.07) is 0.297. The molecule has 0 radical (unpaired) electrons. The van der Waals surface area contributed by atoms with Crippen molar-refractivity contribution in [1.82, 2.24) is 9.97 Å². The molecule has 0 amide bonds. The Balaban J connectivity index is 3.08. The zero-order chi connectivity index (χ0) is 12.1. The molecule has 1 aromatic heterocycles. The van der Waals surface area contributed by atoms with Crippen molar-refractivity contribution < 1.29 is 5.11 Å². The van der Waals surface area contributed by atoms with Crippen LogP contribution in [-0.4, -0.2) is 41.3 Å². The van der Waals surface area contributed by atoms with E-state index >= 15 is 0 Å². The van der Waals surface area contributed by atoms with Gasteiger partial charge in [0.15, 0.2) is 0 Å². The van der Waals surface area contributed by atoms with Gasteiger partial charge in [-0.25, -0.2) is 9.97 Å². The summed E-state index contributed by atoms with van der Waals surface area (Å²) in [4.78, 5) is 10.5. The lowest BCUT2D eigenvalue weighted by atomic mass is 10.2. The standard InChI is InChI=1S/C11H20N4O/c1-8(2)15(5-6-16)11-9(3)10(12-4)13-7-14-11/h7-8,16H,5-6H2,1-4H3,(H,12,13,14). The van der Waals surface area contributed by atoms with Crippen LogP contribution in [0.4, 0.5) is 11.6 Å². The van der Waals surface area contributed by atoms with Crippen LogP contribution in [0, 0.1) is 6.92 Å². The first-order chi connectivity index (χ1) is 7.61. The summed E-state index contributed by atoms with van der Waals surface area (Å²) in [5.41, 5.74) is 1.01. The molecule has 0 aliphatic carbocycles. The van der Waals surface area contributed by atoms with Crippen LogP contribution in [0.25, 0.3) is 0 Å². The zero-order valence-corrected chi connectivity index (χ0v) is 10.4. The van der Waals surface area contributed by atoms with Crippen LogP contribution < -0.4 is 10.2 Å². The van der Waals surface area contributed by atoms with Crippen LogP contribution in [0.1, 0.15) is 19.4 Å². The predicted octanol–water partition coefficient (Wildman–Crippen LogP) is 1.03. The normalized spacial score (nSPS) is 10.6. The largest absolute Gasteiger partial charge is 0.395 e. The van der Waals surface area contributed by atoms with Crippen LogP contribution in [0.3, 0.4) is 0 Å². The molecule has 1 heterocycles. The van der Waals surface area contributed by atoms with Crippen molar-refractivity contribution in [1.29, 1.82) is 0 Å². The molecule has 0 aliphatic heterocycles. The van der Waals surface area contributed by atoms with Crippen molar-refractivity contribution in [2.45, 2.75) is 26.8 Å². The minimum atomic E-state index is 0.122. The maximum atomic E-state index is 9.06. The van der Waals surface area contributed by atoms with E-state index < -0.39 is 0 Å². The number of nitrogens with one attached hydrogen (secondary N) is 1. The quantitative estimate of drug-likeness (QED) is 0.782. The number of rotatable bonds is 5. The lowest BCUT2D eigenvalue weighted by Crippen LogP contribution is -2.34. The van der Waals surface area contributed by atoms with Gasteiger partial charge >= 0.3 is 0 Å². The van der Waals surface area contributed by atoms with Gasteiger partial charge in [-0.2, -0.15) is 0 Å². The van der Waals surface area contributed by atoms with Gasteiger partial charge in [0.2, 0.25) is 0 Å². The van der Waals surface area contributed by atoms with Crippen molar-refractivity contribution in [3.8, 4) is 0 Å². The maximum absolute atomic E-state index is 9.06. The molecule has 0 aromatic carbocycles. The molecule has 0 saturated heterocycles. The molecule has 1 rings (SSSR count). The summed E-state index contributed by atoms with van der Waals surface area (Å²) in [6.07, 6.45) is 1.54. The van der Waals surface area contributed by atoms with Crippen LogP contribution >= 0.6 is 0 Å². The van der Waals surface area contributed by atoms with Gasteiger partial charge in [0.05, 0.1) is 6.61 Å². The van der Waals surface area contributed by atoms with Gasteiger partial charge in [-0.15, -0.1) is 0 Å². The fraction of sp³-hybridized carbons (Fsp3) is 0.636. The molecule has 5 heteroatoms. The number of hydrogen-bond donors (Lipinski definition) is 2. The molecule has 1 aromatic rings. The molecule has 0 spiro atoms. The highest BCUT2D eigenvalue weighted by Crippen LogP contribution is 2.23. The molecule has 0 unspecified atom stereocenters. The summed E-state index contributed by atoms with van der Waals surface area (Å²) in [5, 5.41) is 12.1. The minimum absolute atomic E-state index is 0.122. The number of anilines is 2. The molecule has 0 atom stereocenters. The molecule has 2 N–H and O–H groups in total. The number of aliphatic hydroxyl groups excluding tert-OH is 1. The number of aliphatic hydroxyl groups is 1. The Bertz CT molecular complexity index is 341. The fourth-order valence-electron chi connectivity index (χ4n) is 1.70. The fourth-order valence-corrected chi connectivity index (χ4v) is 1.70. The number of nitrogens with zero attached hydrogens (tertiary/aromatic N) is 3. The summed E-state index contributed by atoms with van der Waals surface area (Å²) in [7, 11) is 1.84. The van der Waals surface area contributed by atoms with Gasteiger partial charge in [-0.05, 0) is 20.8 Å². The van der Waals surface area contributed by atoms with Gasteiger partial charge in [0.1, 0.15) is 18.0 Å². The first kappa shape index (κ1) is 12.7. The molecule has 0 fully saturated rings. The Hall–Kier alpha value is -1.36. The lowest BCUT2D eigenvalue weighted by molar-refractivity contribution is 0.298. The van der Waals surface area contributed by atoms with Crippen molar-refractivity contribution in [3.05, 3.63) is 11.9 Å². The van der Waals surface area contributed by atoms with Crippen molar-refractivity contribution >= 4 is 11.6 Å². The van der Waals surface area contributed by atoms with Gasteiger partial charge < -0.3 is 15.3 Å². The highest BCUT2D eigenvalue weighted by atomic mass is 16.3. The van der Waals surface area contributed by atoms with E-state index in [9.17, 15) is 0 Å². The highest BCUT2D eigenvalue weighted by molar-refractivity contribution is 5.57. The molecule has 90 valence electrons. The third-order valence-corrected chi connectivity index (χ3v) is 2.53. The lowest BCUT2D eigenvalue weighted by Gasteiger charge is -2.28. The summed E-state index contributed by atoms with van der Waals surface area (Å²) >= 11 is 0. The van der Waals surface area contributed by atoms with Crippen LogP contribution in [-0.2, 0) is 0 Å². The molecular formula is C11H20N4O. The number of hydrogen-bond acceptors (Lipinski definition) is 5. The van der Waals surface area contributed by atoms with Crippen molar-refractivity contribution in [2.24, 2.45) is 0 Å². The van der Waals surface area contributed by atoms with Crippen LogP contribution in [0.15, 0.2) is 6.33 Å². The Morgan fingerprint density at radius 3 is 2.62 bits per heavy atom. The van der Waals surface area contributed by atoms with E-state index in [-0.39, 0.29) is 6.61 Å². The van der Waals surface area contributed by atoms with Gasteiger partial charge in [-0.1, -0.05) is 0 Å². The van der Waals surface area contributed by atoms with E-state index in [4.69, 9.17) is 5.11 Å². The van der Waals surface area contributed by atoms with Crippen molar-refractivity contribution in [2.75, 3.05) is 30.4 Å². The third-order valence-electron chi connectivity index (χ3n) is 2.53. The highest BCUT2D eigenvalue weighted by Gasteiger charge is 2.15. The third kappa shape index (κ3) is 2.61. The first-order valence-corrected chi connectivity index (χ1v) is 5.48. The van der Waals surface area contributed by atoms with E-state index in [2.05, 4.69) is 34.0 Å². The molecule has 0 aliphatic rings. The van der Waals surface area contributed by atoms with E-state index in [1.807, 2.05) is 14.0 Å². The molecule has 0 bridgehead atoms. The number of aromatic nitrogens is 2. The van der Waals surface area contributed by atoms with Crippen molar-refractivity contribution in [3.63, 3.8) is 0 Å². The summed E-state index contributed by atoms with van der Waals surface area (Å²) in [6.45, 7) is 6.84. The molecular weight excluding hydrogens is 204 g/mol. The smallest absolute Gasteiger partial charge is 0.137 e. The van der Waals surface area contributed by atoms with E-state index in [1.54, 1.807) is 6.33 Å². The Kier molecular flexibility index (Phi) is 4.49. The Morgan fingerprint density at radius 1 is 1.44 bits per heavy atom. The molecule has 0 saturated carbocycles. The Morgan fingerprint density at radius 2 is 2.12 bits per heavy atom. The zero-order valence-electron chi connectivity index (χ0n) is 10.4. The molecule has 5 nitrogen and oxygen atoms in total. The second-order valence-corrected chi connectivity index (χ2v) is 3.93. The first-order valence-electron chi connectivity index (χ1n) is 5.48. The monoisotopic (exact) mass is 224 g/mol. The summed E-state index contributed by atoms with van der Waals surface area (Å²) < 4.78 is 0. The van der Waals surface area contributed by atoms with Crippen LogP contribution in [0.2, 0.25) is 0 Å². The van der Waals surface area contributed by atoms with Gasteiger partial charge in [-0.3, -0.25) is 0 Å². The van der Waals surface area contributed by atoms with Crippen LogP contribution in [0.5, 0.6) is 0 Å². The topological polar surface area (TPSA) is 61.3 Å². The van der Waals surface area contributed by atoms with E-state index in [0.29, 0.717) is 12.6 Å².